The fraction of sp³-hybridized carbons (Fsp3) is 0.312. The van der Waals surface area contributed by atoms with E-state index in [1.54, 1.807) is 30.3 Å². The van der Waals surface area contributed by atoms with Crippen LogP contribution in [0.1, 0.15) is 48.7 Å². The maximum Gasteiger partial charge on any atom is 0.254 e. The Bertz CT molecular complexity index is 1340. The molecule has 2 atom stereocenters. The summed E-state index contributed by atoms with van der Waals surface area (Å²) in [7, 11) is 0. The molecule has 0 spiro atoms. The molecule has 202 valence electrons. The van der Waals surface area contributed by atoms with E-state index < -0.39 is 0 Å². The summed E-state index contributed by atoms with van der Waals surface area (Å²) in [5, 5.41) is 17.6. The molecule has 39 heavy (non-hydrogen) atoms. The molecule has 0 aliphatic carbocycles. The first-order chi connectivity index (χ1) is 18.8. The molecule has 2 aromatic rings. The van der Waals surface area contributed by atoms with Gasteiger partial charge in [-0.1, -0.05) is 54.8 Å². The highest BCUT2D eigenvalue weighted by atomic mass is 35.5. The Balaban J connectivity index is 1.64. The molecule has 1 heterocycles. The Morgan fingerprint density at radius 3 is 2.62 bits per heavy atom. The minimum atomic E-state index is -0.0698. The largest absolute Gasteiger partial charge is 0.365 e. The minimum absolute atomic E-state index is 0.0614. The van der Waals surface area contributed by atoms with Crippen molar-refractivity contribution in [3.05, 3.63) is 94.2 Å². The van der Waals surface area contributed by atoms with Gasteiger partial charge in [0.05, 0.1) is 11.4 Å². The molecule has 6 nitrogen and oxygen atoms in total. The van der Waals surface area contributed by atoms with Crippen molar-refractivity contribution >= 4 is 35.3 Å². The van der Waals surface area contributed by atoms with Crippen LogP contribution in [-0.2, 0) is 6.42 Å². The molecular weight excluding hydrogens is 506 g/mol. The van der Waals surface area contributed by atoms with Gasteiger partial charge in [0.15, 0.2) is 5.84 Å². The van der Waals surface area contributed by atoms with Crippen molar-refractivity contribution in [3.63, 3.8) is 0 Å². The lowest BCUT2D eigenvalue weighted by atomic mass is 9.98. The van der Waals surface area contributed by atoms with Gasteiger partial charge in [0.1, 0.15) is 0 Å². The fourth-order valence-corrected chi connectivity index (χ4v) is 4.89. The Kier molecular flexibility index (Phi) is 10.8. The number of amidine groups is 1. The second-order valence-corrected chi connectivity index (χ2v) is 10.0. The second-order valence-electron chi connectivity index (χ2n) is 9.59. The molecule has 0 radical (unpaired) electrons. The zero-order chi connectivity index (χ0) is 28.4. The summed E-state index contributed by atoms with van der Waals surface area (Å²) in [6.07, 6.45) is 13.8. The van der Waals surface area contributed by atoms with Crippen LogP contribution in [0.5, 0.6) is 0 Å². The number of carbonyl (C=O) groups is 1. The Labute approximate surface area is 237 Å². The number of hydrogen-bond acceptors (Lipinski definition) is 4. The maximum absolute atomic E-state index is 13.4. The summed E-state index contributed by atoms with van der Waals surface area (Å²) in [4.78, 5) is 21.9. The summed E-state index contributed by atoms with van der Waals surface area (Å²) in [6, 6.07) is 14.9. The van der Waals surface area contributed by atoms with Crippen LogP contribution in [-0.4, -0.2) is 59.1 Å². The molecule has 1 aliphatic rings. The number of benzene rings is 2. The van der Waals surface area contributed by atoms with Gasteiger partial charge >= 0.3 is 0 Å². The molecule has 7 heteroatoms. The average molecular weight is 542 g/mol. The van der Waals surface area contributed by atoms with Crippen LogP contribution < -0.4 is 0 Å². The first kappa shape index (κ1) is 29.6. The Morgan fingerprint density at radius 1 is 1.21 bits per heavy atom. The molecule has 0 aromatic heterocycles. The molecule has 3 rings (SSSR count). The number of allylic oxidation sites excluding steroid dienone is 3. The number of aliphatic imine (C=N–C) groups is 1. The zero-order valence-electron chi connectivity index (χ0n) is 22.8. The van der Waals surface area contributed by atoms with E-state index in [4.69, 9.17) is 28.8 Å². The second kappa shape index (κ2) is 14.3. The van der Waals surface area contributed by atoms with Crippen LogP contribution in [0.2, 0.25) is 5.02 Å². The highest BCUT2D eigenvalue weighted by Crippen LogP contribution is 2.20. The lowest BCUT2D eigenvalue weighted by molar-refractivity contribution is 0.0551. The third-order valence-electron chi connectivity index (χ3n) is 6.84. The van der Waals surface area contributed by atoms with Crippen LogP contribution in [0.25, 0.3) is 0 Å². The van der Waals surface area contributed by atoms with E-state index in [-0.39, 0.29) is 29.4 Å². The van der Waals surface area contributed by atoms with Crippen LogP contribution in [0, 0.1) is 29.1 Å². The van der Waals surface area contributed by atoms with E-state index in [2.05, 4.69) is 28.8 Å². The third kappa shape index (κ3) is 8.02. The maximum atomic E-state index is 13.4. The molecule has 1 aliphatic heterocycles. The third-order valence-corrected chi connectivity index (χ3v) is 7.07. The van der Waals surface area contributed by atoms with Gasteiger partial charge in [-0.15, -0.1) is 6.42 Å². The van der Waals surface area contributed by atoms with E-state index in [1.807, 2.05) is 49.2 Å². The van der Waals surface area contributed by atoms with Gasteiger partial charge in [-0.25, -0.2) is 4.99 Å². The molecule has 0 saturated carbocycles. The Hall–Kier alpha value is -3.95. The van der Waals surface area contributed by atoms with Crippen molar-refractivity contribution in [1.82, 2.24) is 9.80 Å². The fourth-order valence-electron chi connectivity index (χ4n) is 4.68. The van der Waals surface area contributed by atoms with Gasteiger partial charge in [0.25, 0.3) is 5.91 Å². The standard InChI is InChI=1S/C32H36ClN5O/c1-5-8-15-29(34)26-12-10-13-27(20-26)32(39)38-17-16-37(22-23(38)4)30(7-3)31(35)36-21-24(6-2)18-25-11-9-14-28(33)19-25/h1,7-15,19-21,23-24,34-35H,6,16-18,22H2,2-4H3/b15-8-,30-7?,34-29?,35-31?,36-21?. The van der Waals surface area contributed by atoms with Crippen molar-refractivity contribution < 1.29 is 4.79 Å². The first-order valence-electron chi connectivity index (χ1n) is 13.2. The molecule has 1 amide bonds. The minimum Gasteiger partial charge on any atom is -0.365 e. The summed E-state index contributed by atoms with van der Waals surface area (Å²) in [5.41, 5.74) is 3.36. The molecule has 2 N–H and O–H groups in total. The van der Waals surface area contributed by atoms with Crippen molar-refractivity contribution in [2.45, 2.75) is 39.7 Å². The van der Waals surface area contributed by atoms with Gasteiger partial charge in [0, 0.05) is 48.0 Å². The highest BCUT2D eigenvalue weighted by Gasteiger charge is 2.30. The van der Waals surface area contributed by atoms with E-state index in [0.717, 1.165) is 29.1 Å². The smallest absolute Gasteiger partial charge is 0.254 e. The number of piperazine rings is 1. The highest BCUT2D eigenvalue weighted by molar-refractivity contribution is 6.30. The number of terminal acetylenes is 1. The first-order valence-corrected chi connectivity index (χ1v) is 13.6. The summed E-state index contributed by atoms with van der Waals surface area (Å²) >= 11 is 6.14. The van der Waals surface area contributed by atoms with Crippen molar-refractivity contribution in [3.8, 4) is 12.3 Å². The number of amides is 1. The number of nitrogens with one attached hydrogen (secondary N) is 2. The predicted octanol–water partition coefficient (Wildman–Crippen LogP) is 6.26. The SMILES string of the molecule is C#C/C=C\C(=N)c1cccc(C(=O)N2CCN(C(=CC)C(=N)N=CC(CC)Cc3cccc(Cl)c3)CC2C)c1. The van der Waals surface area contributed by atoms with E-state index in [1.165, 1.54) is 6.08 Å². The summed E-state index contributed by atoms with van der Waals surface area (Å²) in [6.45, 7) is 7.78. The van der Waals surface area contributed by atoms with Crippen LogP contribution in [0.3, 0.4) is 0 Å². The van der Waals surface area contributed by atoms with Gasteiger partial charge in [-0.3, -0.25) is 10.2 Å². The molecule has 2 aromatic carbocycles. The van der Waals surface area contributed by atoms with E-state index in [0.29, 0.717) is 30.8 Å². The molecular formula is C32H36ClN5O. The van der Waals surface area contributed by atoms with Crippen LogP contribution in [0.4, 0.5) is 0 Å². The monoisotopic (exact) mass is 541 g/mol. The zero-order valence-corrected chi connectivity index (χ0v) is 23.6. The number of carbonyl (C=O) groups excluding carboxylic acids is 1. The number of halogens is 1. The van der Waals surface area contributed by atoms with Crippen molar-refractivity contribution in [1.29, 1.82) is 10.8 Å². The number of rotatable bonds is 9. The van der Waals surface area contributed by atoms with E-state index in [9.17, 15) is 4.79 Å². The lowest BCUT2D eigenvalue weighted by Crippen LogP contribution is -2.54. The van der Waals surface area contributed by atoms with Crippen molar-refractivity contribution in [2.24, 2.45) is 10.9 Å². The average Bonchev–Trinajstić information content (AvgIpc) is 2.94. The van der Waals surface area contributed by atoms with Crippen LogP contribution >= 0.6 is 11.6 Å². The number of hydrogen-bond donors (Lipinski definition) is 2. The van der Waals surface area contributed by atoms with Gasteiger partial charge < -0.3 is 15.2 Å². The molecule has 0 bridgehead atoms. The molecule has 1 saturated heterocycles. The van der Waals surface area contributed by atoms with Gasteiger partial charge in [-0.05, 0) is 74.6 Å². The van der Waals surface area contributed by atoms with Crippen molar-refractivity contribution in [2.75, 3.05) is 19.6 Å². The summed E-state index contributed by atoms with van der Waals surface area (Å²) < 4.78 is 0. The predicted molar refractivity (Wildman–Crippen MR) is 162 cm³/mol. The van der Waals surface area contributed by atoms with Crippen LogP contribution in [0.15, 0.2) is 77.4 Å². The van der Waals surface area contributed by atoms with Gasteiger partial charge in [-0.2, -0.15) is 0 Å². The topological polar surface area (TPSA) is 83.6 Å². The summed E-state index contributed by atoms with van der Waals surface area (Å²) in [5.74, 6) is 2.74. The Morgan fingerprint density at radius 2 is 1.95 bits per heavy atom. The molecule has 2 unspecified atom stereocenters. The number of nitrogens with zero attached hydrogens (tertiary/aromatic N) is 3. The molecule has 1 fully saturated rings. The lowest BCUT2D eigenvalue weighted by Gasteiger charge is -2.41. The van der Waals surface area contributed by atoms with E-state index >= 15 is 0 Å². The normalized spacial score (nSPS) is 16.9. The van der Waals surface area contributed by atoms with Gasteiger partial charge in [0.2, 0.25) is 0 Å². The quantitative estimate of drug-likeness (QED) is 0.223.